The van der Waals surface area contributed by atoms with Gasteiger partial charge in [-0.3, -0.25) is 9.59 Å². The second-order valence-electron chi connectivity index (χ2n) is 4.68. The zero-order valence-electron chi connectivity index (χ0n) is 11.3. The average Bonchev–Trinajstić information content (AvgIpc) is 2.85. The number of hydrogen-bond acceptors (Lipinski definition) is 4. The summed E-state index contributed by atoms with van der Waals surface area (Å²) in [4.78, 5) is 31.3. The molecule has 1 aromatic heterocycles. The van der Waals surface area contributed by atoms with Gasteiger partial charge in [0.15, 0.2) is 0 Å². The maximum atomic E-state index is 12.1. The van der Waals surface area contributed by atoms with E-state index in [0.29, 0.717) is 18.8 Å². The number of likely N-dealkylation sites (N-methyl/N-ethyl adjacent to an activating group) is 1. The Bertz CT molecular complexity index is 464. The van der Waals surface area contributed by atoms with Crippen LogP contribution in [0.5, 0.6) is 0 Å². The number of rotatable bonds is 3. The minimum absolute atomic E-state index is 0.0143. The van der Waals surface area contributed by atoms with E-state index in [1.54, 1.807) is 29.9 Å². The summed E-state index contributed by atoms with van der Waals surface area (Å²) in [5, 5.41) is 3.19. The normalized spacial score (nSPS) is 15.4. The maximum absolute atomic E-state index is 12.1. The molecule has 2 amide bonds. The Kier molecular flexibility index (Phi) is 4.16. The molecule has 7 heteroatoms. The smallest absolute Gasteiger partial charge is 0.272 e. The molecule has 0 atom stereocenters. The van der Waals surface area contributed by atoms with Gasteiger partial charge in [-0.2, -0.15) is 0 Å². The number of nitrogens with one attached hydrogen (secondary N) is 1. The summed E-state index contributed by atoms with van der Waals surface area (Å²) < 4.78 is 1.65. The number of piperazine rings is 1. The van der Waals surface area contributed by atoms with Crippen molar-refractivity contribution in [1.82, 2.24) is 24.7 Å². The Morgan fingerprint density at radius 2 is 2.11 bits per heavy atom. The lowest BCUT2D eigenvalue weighted by Crippen LogP contribution is -2.49. The molecule has 2 rings (SSSR count). The Balaban J connectivity index is 1.93. The molecule has 1 aliphatic rings. The molecule has 2 heterocycles. The second-order valence-corrected chi connectivity index (χ2v) is 4.68. The van der Waals surface area contributed by atoms with E-state index in [1.807, 2.05) is 0 Å². The van der Waals surface area contributed by atoms with Gasteiger partial charge in [0.2, 0.25) is 5.91 Å². The van der Waals surface area contributed by atoms with Crippen molar-refractivity contribution in [2.45, 2.75) is 0 Å². The van der Waals surface area contributed by atoms with E-state index in [9.17, 15) is 9.59 Å². The number of imidazole rings is 1. The molecule has 1 aliphatic heterocycles. The Hall–Kier alpha value is -1.89. The number of amides is 2. The number of hydrogen-bond donors (Lipinski definition) is 1. The van der Waals surface area contributed by atoms with Crippen molar-refractivity contribution in [2.24, 2.45) is 7.05 Å². The van der Waals surface area contributed by atoms with E-state index < -0.39 is 0 Å². The highest BCUT2D eigenvalue weighted by atomic mass is 16.2. The van der Waals surface area contributed by atoms with E-state index in [1.165, 1.54) is 11.1 Å². The van der Waals surface area contributed by atoms with Crippen LogP contribution in [-0.4, -0.2) is 70.9 Å². The summed E-state index contributed by atoms with van der Waals surface area (Å²) in [7, 11) is 3.39. The van der Waals surface area contributed by atoms with Gasteiger partial charge in [0.25, 0.3) is 5.91 Å². The third-order valence-electron chi connectivity index (χ3n) is 3.22. The van der Waals surface area contributed by atoms with Crippen molar-refractivity contribution in [2.75, 3.05) is 39.8 Å². The molecular formula is C12H19N5O2. The van der Waals surface area contributed by atoms with Gasteiger partial charge in [-0.05, 0) is 0 Å². The fraction of sp³-hybridized carbons (Fsp3) is 0.583. The maximum Gasteiger partial charge on any atom is 0.272 e. The number of aromatic nitrogens is 2. The second kappa shape index (κ2) is 5.83. The van der Waals surface area contributed by atoms with Gasteiger partial charge in [0.05, 0.1) is 19.1 Å². The van der Waals surface area contributed by atoms with Crippen LogP contribution in [0.3, 0.4) is 0 Å². The molecule has 0 spiro atoms. The van der Waals surface area contributed by atoms with Gasteiger partial charge in [-0.1, -0.05) is 0 Å². The number of carbonyl (C=O) groups excluding carboxylic acids is 2. The lowest BCUT2D eigenvalue weighted by Gasteiger charge is -2.29. The molecule has 0 aliphatic carbocycles. The summed E-state index contributed by atoms with van der Waals surface area (Å²) in [5.74, 6) is -0.206. The summed E-state index contributed by atoms with van der Waals surface area (Å²) >= 11 is 0. The van der Waals surface area contributed by atoms with Crippen LogP contribution in [0.25, 0.3) is 0 Å². The van der Waals surface area contributed by atoms with Crippen LogP contribution in [0.4, 0.5) is 0 Å². The molecule has 1 aromatic rings. The molecule has 0 bridgehead atoms. The molecule has 0 saturated carbocycles. The number of carbonyl (C=O) groups is 2. The zero-order valence-corrected chi connectivity index (χ0v) is 11.3. The predicted octanol–water partition coefficient (Wildman–Crippen LogP) is -1.08. The first-order valence-corrected chi connectivity index (χ1v) is 6.30. The quantitative estimate of drug-likeness (QED) is 0.755. The van der Waals surface area contributed by atoms with Crippen LogP contribution in [0, 0.1) is 0 Å². The summed E-state index contributed by atoms with van der Waals surface area (Å²) in [6.45, 7) is 3.12. The van der Waals surface area contributed by atoms with Gasteiger partial charge < -0.3 is 19.7 Å². The molecular weight excluding hydrogens is 246 g/mol. The van der Waals surface area contributed by atoms with Crippen molar-refractivity contribution < 1.29 is 9.59 Å². The molecule has 0 radical (unpaired) electrons. The van der Waals surface area contributed by atoms with Crippen molar-refractivity contribution in [3.8, 4) is 0 Å². The van der Waals surface area contributed by atoms with Crippen LogP contribution >= 0.6 is 0 Å². The van der Waals surface area contributed by atoms with E-state index in [-0.39, 0.29) is 18.4 Å². The monoisotopic (exact) mass is 265 g/mol. The molecule has 104 valence electrons. The summed E-state index contributed by atoms with van der Waals surface area (Å²) in [5.41, 5.74) is 0.482. The Morgan fingerprint density at radius 3 is 2.68 bits per heavy atom. The first-order valence-electron chi connectivity index (χ1n) is 6.30. The van der Waals surface area contributed by atoms with Crippen molar-refractivity contribution in [1.29, 1.82) is 0 Å². The molecule has 0 aromatic carbocycles. The molecule has 7 nitrogen and oxygen atoms in total. The number of aryl methyl sites for hydroxylation is 1. The standard InChI is InChI=1S/C12H19N5O2/c1-15(12(19)10-7-14-9-16(10)2)8-11(18)17-5-3-13-4-6-17/h7,9,13H,3-6,8H2,1-2H3. The fourth-order valence-electron chi connectivity index (χ4n) is 2.05. The van der Waals surface area contributed by atoms with E-state index in [0.717, 1.165) is 13.1 Å². The van der Waals surface area contributed by atoms with Gasteiger partial charge in [-0.25, -0.2) is 4.98 Å². The topological polar surface area (TPSA) is 70.5 Å². The fourth-order valence-corrected chi connectivity index (χ4v) is 2.05. The Morgan fingerprint density at radius 1 is 1.42 bits per heavy atom. The highest BCUT2D eigenvalue weighted by Crippen LogP contribution is 2.03. The summed E-state index contributed by atoms with van der Waals surface area (Å²) in [6, 6.07) is 0. The van der Waals surface area contributed by atoms with Gasteiger partial charge in [0.1, 0.15) is 5.69 Å². The van der Waals surface area contributed by atoms with Gasteiger partial charge >= 0.3 is 0 Å². The molecule has 1 fully saturated rings. The lowest BCUT2D eigenvalue weighted by atomic mass is 10.3. The minimum atomic E-state index is -0.191. The lowest BCUT2D eigenvalue weighted by molar-refractivity contribution is -0.132. The third kappa shape index (κ3) is 3.11. The van der Waals surface area contributed by atoms with Crippen LogP contribution in [0.1, 0.15) is 10.5 Å². The van der Waals surface area contributed by atoms with Crippen molar-refractivity contribution in [3.63, 3.8) is 0 Å². The minimum Gasteiger partial charge on any atom is -0.339 e. The van der Waals surface area contributed by atoms with Crippen molar-refractivity contribution >= 4 is 11.8 Å². The molecule has 0 unspecified atom stereocenters. The SMILES string of the molecule is CN(CC(=O)N1CCNCC1)C(=O)c1cncn1C. The van der Waals surface area contributed by atoms with Crippen molar-refractivity contribution in [3.05, 3.63) is 18.2 Å². The number of nitrogens with zero attached hydrogens (tertiary/aromatic N) is 4. The third-order valence-corrected chi connectivity index (χ3v) is 3.22. The highest BCUT2D eigenvalue weighted by Gasteiger charge is 2.21. The van der Waals surface area contributed by atoms with Gasteiger partial charge in [-0.15, -0.1) is 0 Å². The van der Waals surface area contributed by atoms with Crippen LogP contribution in [0.2, 0.25) is 0 Å². The van der Waals surface area contributed by atoms with Gasteiger partial charge in [0, 0.05) is 40.3 Å². The molecule has 19 heavy (non-hydrogen) atoms. The predicted molar refractivity (Wildman–Crippen MR) is 69.6 cm³/mol. The average molecular weight is 265 g/mol. The largest absolute Gasteiger partial charge is 0.339 e. The highest BCUT2D eigenvalue weighted by molar-refractivity contribution is 5.94. The zero-order chi connectivity index (χ0) is 13.8. The van der Waals surface area contributed by atoms with E-state index in [4.69, 9.17) is 0 Å². The Labute approximate surface area is 112 Å². The van der Waals surface area contributed by atoms with Crippen LogP contribution < -0.4 is 5.32 Å². The first kappa shape index (κ1) is 13.5. The first-order chi connectivity index (χ1) is 9.09. The molecule has 1 saturated heterocycles. The van der Waals surface area contributed by atoms with Crippen LogP contribution in [0.15, 0.2) is 12.5 Å². The van der Waals surface area contributed by atoms with E-state index >= 15 is 0 Å². The molecule has 1 N–H and O–H groups in total. The van der Waals surface area contributed by atoms with E-state index in [2.05, 4.69) is 10.3 Å². The summed E-state index contributed by atoms with van der Waals surface area (Å²) in [6.07, 6.45) is 3.08. The van der Waals surface area contributed by atoms with Crippen LogP contribution in [-0.2, 0) is 11.8 Å².